The van der Waals surface area contributed by atoms with Crippen molar-refractivity contribution in [2.24, 2.45) is 5.92 Å². The second kappa shape index (κ2) is 3.28. The van der Waals surface area contributed by atoms with Gasteiger partial charge in [0.15, 0.2) is 6.16 Å². The van der Waals surface area contributed by atoms with E-state index < -0.39 is 8.03 Å². The minimum atomic E-state index is -1.31. The molecule has 1 aliphatic carbocycles. The summed E-state index contributed by atoms with van der Waals surface area (Å²) in [6, 6.07) is 0. The van der Waals surface area contributed by atoms with Crippen LogP contribution in [0.4, 0.5) is 0 Å². The topological polar surface area (TPSA) is 26.3 Å². The van der Waals surface area contributed by atoms with Crippen LogP contribution in [0.25, 0.3) is 0 Å². The zero-order valence-corrected chi connectivity index (χ0v) is 6.56. The summed E-state index contributed by atoms with van der Waals surface area (Å²) < 4.78 is 15.7. The lowest BCUT2D eigenvalue weighted by Crippen LogP contribution is -1.84. The lowest BCUT2D eigenvalue weighted by atomic mass is 10.5. The Bertz CT molecular complexity index is 110. The van der Waals surface area contributed by atoms with Crippen molar-refractivity contribution >= 4 is 8.03 Å². The molecule has 0 radical (unpaired) electrons. The second-order valence-corrected chi connectivity index (χ2v) is 3.67. The molecule has 52 valence electrons. The molecule has 0 bridgehead atoms. The molecule has 3 heteroatoms. The van der Waals surface area contributed by atoms with Crippen molar-refractivity contribution in [3.63, 3.8) is 0 Å². The summed E-state index contributed by atoms with van der Waals surface area (Å²) in [5, 5.41) is 0. The summed E-state index contributed by atoms with van der Waals surface area (Å²) in [5.41, 5.74) is 0. The number of hydrogen-bond donors (Lipinski definition) is 0. The minimum Gasteiger partial charge on any atom is -0.147 e. The first kappa shape index (κ1) is 7.17. The molecule has 0 aromatic heterocycles. The molecule has 0 N–H and O–H groups in total. The van der Waals surface area contributed by atoms with Crippen molar-refractivity contribution in [2.45, 2.75) is 19.8 Å². The lowest BCUT2D eigenvalue weighted by Gasteiger charge is -1.81. The van der Waals surface area contributed by atoms with Gasteiger partial charge in [0, 0.05) is 5.92 Å². The monoisotopic (exact) mass is 147 g/mol. The average molecular weight is 147 g/mol. The Morgan fingerprint density at radius 3 is 2.78 bits per heavy atom. The molecule has 1 aliphatic rings. The van der Waals surface area contributed by atoms with Crippen molar-refractivity contribution in [1.82, 2.24) is 0 Å². The number of rotatable bonds is 4. The summed E-state index contributed by atoms with van der Waals surface area (Å²) in [4.78, 5) is 0. The van der Waals surface area contributed by atoms with Crippen LogP contribution in [0.5, 0.6) is 0 Å². The second-order valence-electron chi connectivity index (χ2n) is 2.38. The predicted molar refractivity (Wildman–Crippen MR) is 36.8 cm³/mol. The zero-order valence-electron chi connectivity index (χ0n) is 5.67. The van der Waals surface area contributed by atoms with Gasteiger partial charge < -0.3 is 0 Å². The molecule has 0 heterocycles. The molecule has 1 saturated carbocycles. The van der Waals surface area contributed by atoms with Gasteiger partial charge in [0.05, 0.1) is 6.61 Å². The molecule has 0 saturated heterocycles. The highest BCUT2D eigenvalue weighted by atomic mass is 31.1. The Morgan fingerprint density at radius 1 is 1.67 bits per heavy atom. The van der Waals surface area contributed by atoms with Gasteiger partial charge in [-0.15, -0.1) is 4.52 Å². The maximum atomic E-state index is 10.8. The third-order valence-electron chi connectivity index (χ3n) is 1.38. The molecule has 9 heavy (non-hydrogen) atoms. The van der Waals surface area contributed by atoms with Crippen LogP contribution in [-0.2, 0) is 9.09 Å². The van der Waals surface area contributed by atoms with Crippen molar-refractivity contribution in [1.29, 1.82) is 0 Å². The van der Waals surface area contributed by atoms with E-state index in [0.717, 1.165) is 12.1 Å². The van der Waals surface area contributed by atoms with Gasteiger partial charge in [-0.3, -0.25) is 0 Å². The molecule has 0 amide bonds. The largest absolute Gasteiger partial charge is 0.508 e. The van der Waals surface area contributed by atoms with E-state index in [-0.39, 0.29) is 0 Å². The molecule has 0 aromatic carbocycles. The van der Waals surface area contributed by atoms with E-state index in [1.807, 2.05) is 6.92 Å². The van der Waals surface area contributed by atoms with E-state index in [0.29, 0.717) is 6.61 Å². The van der Waals surface area contributed by atoms with E-state index in [2.05, 4.69) is 0 Å². The molecule has 1 atom stereocenters. The first-order valence-corrected chi connectivity index (χ1v) is 4.76. The van der Waals surface area contributed by atoms with E-state index in [1.165, 1.54) is 12.8 Å². The van der Waals surface area contributed by atoms with Crippen molar-refractivity contribution < 1.29 is 9.09 Å². The van der Waals surface area contributed by atoms with Crippen LogP contribution in [0.15, 0.2) is 0 Å². The molecule has 0 aromatic rings. The van der Waals surface area contributed by atoms with E-state index in [1.54, 1.807) is 0 Å². The Labute approximate surface area is 56.5 Å². The van der Waals surface area contributed by atoms with E-state index in [9.17, 15) is 4.57 Å². The van der Waals surface area contributed by atoms with Gasteiger partial charge >= 0.3 is 8.03 Å². The Hall–Kier alpha value is 0.0600. The van der Waals surface area contributed by atoms with Gasteiger partial charge in [0.2, 0.25) is 0 Å². The van der Waals surface area contributed by atoms with Gasteiger partial charge in [-0.25, -0.2) is 0 Å². The first-order valence-electron chi connectivity index (χ1n) is 3.40. The van der Waals surface area contributed by atoms with Crippen molar-refractivity contribution in [3.8, 4) is 0 Å². The standard InChI is InChI=1S/C6H12O2P/c1-2-8-9(7)5-6-3-4-6/h6H,2-5H2,1H3/q+1. The highest BCUT2D eigenvalue weighted by Crippen LogP contribution is 2.38. The Balaban J connectivity index is 2.02. The van der Waals surface area contributed by atoms with Crippen molar-refractivity contribution in [3.05, 3.63) is 0 Å². The molecule has 0 spiro atoms. The van der Waals surface area contributed by atoms with Gasteiger partial charge in [-0.1, -0.05) is 0 Å². The third kappa shape index (κ3) is 2.92. The predicted octanol–water partition coefficient (Wildman–Crippen LogP) is 2.18. The minimum absolute atomic E-state index is 0.585. The van der Waals surface area contributed by atoms with Crippen LogP contribution in [0.1, 0.15) is 19.8 Å². The van der Waals surface area contributed by atoms with Crippen LogP contribution in [0.3, 0.4) is 0 Å². The van der Waals surface area contributed by atoms with Gasteiger partial charge in [0.25, 0.3) is 0 Å². The fourth-order valence-corrected chi connectivity index (χ4v) is 1.89. The highest BCUT2D eigenvalue weighted by molar-refractivity contribution is 7.39. The maximum absolute atomic E-state index is 10.8. The maximum Gasteiger partial charge on any atom is 0.508 e. The molecule has 0 aliphatic heterocycles. The zero-order chi connectivity index (χ0) is 6.69. The third-order valence-corrected chi connectivity index (χ3v) is 2.74. The van der Waals surface area contributed by atoms with Crippen LogP contribution >= 0.6 is 8.03 Å². The quantitative estimate of drug-likeness (QED) is 0.569. The lowest BCUT2D eigenvalue weighted by molar-refractivity contribution is 0.349. The smallest absolute Gasteiger partial charge is 0.147 e. The summed E-state index contributed by atoms with van der Waals surface area (Å²) in [6.07, 6.45) is 3.31. The van der Waals surface area contributed by atoms with Crippen LogP contribution in [0.2, 0.25) is 0 Å². The van der Waals surface area contributed by atoms with E-state index >= 15 is 0 Å². The van der Waals surface area contributed by atoms with Gasteiger partial charge in [0.1, 0.15) is 0 Å². The fourth-order valence-electron chi connectivity index (χ4n) is 0.708. The fraction of sp³-hybridized carbons (Fsp3) is 1.00. The SMILES string of the molecule is CCO[P+](=O)CC1CC1. The molecular weight excluding hydrogens is 135 g/mol. The van der Waals surface area contributed by atoms with Crippen LogP contribution < -0.4 is 0 Å². The van der Waals surface area contributed by atoms with Gasteiger partial charge in [-0.2, -0.15) is 0 Å². The first-order chi connectivity index (χ1) is 4.33. The van der Waals surface area contributed by atoms with Gasteiger partial charge in [-0.05, 0) is 24.3 Å². The molecule has 1 rings (SSSR count). The van der Waals surface area contributed by atoms with E-state index in [4.69, 9.17) is 4.52 Å². The van der Waals surface area contributed by atoms with Crippen LogP contribution in [0, 0.1) is 5.92 Å². The molecule has 2 nitrogen and oxygen atoms in total. The average Bonchev–Trinajstić information content (AvgIpc) is 2.50. The highest BCUT2D eigenvalue weighted by Gasteiger charge is 2.32. The summed E-state index contributed by atoms with van der Waals surface area (Å²) in [5.74, 6) is 0.722. The molecule has 1 fully saturated rings. The number of hydrogen-bond acceptors (Lipinski definition) is 2. The summed E-state index contributed by atoms with van der Waals surface area (Å²) >= 11 is 0. The Kier molecular flexibility index (Phi) is 2.62. The Morgan fingerprint density at radius 2 is 2.33 bits per heavy atom. The summed E-state index contributed by atoms with van der Waals surface area (Å²) in [6.45, 7) is 2.46. The molecule has 1 unspecified atom stereocenters. The van der Waals surface area contributed by atoms with Crippen LogP contribution in [-0.4, -0.2) is 12.8 Å². The molecular formula is C6H12O2P+. The normalized spacial score (nSPS) is 19.9. The summed E-state index contributed by atoms with van der Waals surface area (Å²) in [7, 11) is -1.31. The van der Waals surface area contributed by atoms with Crippen molar-refractivity contribution in [2.75, 3.05) is 12.8 Å².